The molecule has 5 nitrogen and oxygen atoms in total. The number of carbonyl (C=O) groups is 2. The second kappa shape index (κ2) is 5.00. The molecule has 0 bridgehead atoms. The third-order valence-corrected chi connectivity index (χ3v) is 9.08. The number of aliphatic hydroxyl groups is 2. The Morgan fingerprint density at radius 2 is 2.07 bits per heavy atom. The van der Waals surface area contributed by atoms with E-state index in [4.69, 9.17) is 4.74 Å². The molecule has 0 aromatic heterocycles. The molecular weight excluding hydrogens is 344 g/mol. The topological polar surface area (TPSA) is 87.1 Å². The molecule has 1 spiro atoms. The molecule has 5 rings (SSSR count). The maximum Gasteiger partial charge on any atom is 0.190 e. The zero-order chi connectivity index (χ0) is 19.4. The Kier molecular flexibility index (Phi) is 3.29. The number of fused-ring (bicyclic) bond motifs is 3. The molecule has 4 fully saturated rings. The van der Waals surface area contributed by atoms with Crippen molar-refractivity contribution < 1.29 is 24.5 Å². The van der Waals surface area contributed by atoms with Gasteiger partial charge in [0.15, 0.2) is 11.6 Å². The summed E-state index contributed by atoms with van der Waals surface area (Å²) in [7, 11) is 0. The van der Waals surface area contributed by atoms with Crippen molar-refractivity contribution in [2.24, 2.45) is 28.6 Å². The van der Waals surface area contributed by atoms with Gasteiger partial charge in [-0.2, -0.15) is 0 Å². The highest BCUT2D eigenvalue weighted by Crippen LogP contribution is 2.76. The standard InChI is InChI=1S/C22H28O5/c1-12-8-16-15-5-4-13-9-14(24)6-7-19(13,2)22(15)18(27-22)10-20(16,3)21(12,26)17(25)11-23/h6-7,9,12,15-16,18,23,26H,4-5,8,10-11H2,1-3H3/t12-,15+,16+,18+,19-,20-,21-,22+/m0/s1. The van der Waals surface area contributed by atoms with Gasteiger partial charge in [-0.05, 0) is 62.5 Å². The van der Waals surface area contributed by atoms with Gasteiger partial charge in [0, 0.05) is 10.8 Å². The van der Waals surface area contributed by atoms with Gasteiger partial charge in [0.2, 0.25) is 0 Å². The van der Waals surface area contributed by atoms with Gasteiger partial charge in [-0.1, -0.05) is 25.5 Å². The lowest BCUT2D eigenvalue weighted by Crippen LogP contribution is -2.62. The Hall–Kier alpha value is -1.30. The van der Waals surface area contributed by atoms with E-state index in [0.717, 1.165) is 24.8 Å². The second-order valence-electron chi connectivity index (χ2n) is 9.86. The van der Waals surface area contributed by atoms with Crippen LogP contribution in [0.3, 0.4) is 0 Å². The molecule has 8 atom stereocenters. The van der Waals surface area contributed by atoms with Crippen LogP contribution in [0.5, 0.6) is 0 Å². The van der Waals surface area contributed by atoms with Crippen molar-refractivity contribution >= 4 is 11.6 Å². The van der Waals surface area contributed by atoms with E-state index in [0.29, 0.717) is 6.42 Å². The van der Waals surface area contributed by atoms with Crippen LogP contribution in [0.15, 0.2) is 23.8 Å². The van der Waals surface area contributed by atoms with Crippen molar-refractivity contribution in [2.45, 2.75) is 63.8 Å². The summed E-state index contributed by atoms with van der Waals surface area (Å²) in [6.45, 7) is 5.51. The SMILES string of the molecule is C[C@H]1C[C@@H]2[C@H]3CCC4=CC(=O)C=C[C@]4(C)[C@@]34O[C@@H]4C[C@]2(C)[C@@]1(O)C(=O)CO. The van der Waals surface area contributed by atoms with Crippen molar-refractivity contribution in [2.75, 3.05) is 6.61 Å². The van der Waals surface area contributed by atoms with E-state index >= 15 is 0 Å². The first-order valence-electron chi connectivity index (χ1n) is 10.1. The smallest absolute Gasteiger partial charge is 0.190 e. The highest BCUT2D eigenvalue weighted by Gasteiger charge is 2.81. The lowest BCUT2D eigenvalue weighted by molar-refractivity contribution is -0.165. The van der Waals surface area contributed by atoms with Crippen molar-refractivity contribution in [1.82, 2.24) is 0 Å². The van der Waals surface area contributed by atoms with Crippen molar-refractivity contribution in [3.05, 3.63) is 23.8 Å². The minimum atomic E-state index is -1.50. The number of Topliss-reactive ketones (excluding diaryl/α,β-unsaturated/α-hetero) is 1. The monoisotopic (exact) mass is 372 g/mol. The van der Waals surface area contributed by atoms with E-state index in [1.165, 1.54) is 0 Å². The zero-order valence-electron chi connectivity index (χ0n) is 16.2. The van der Waals surface area contributed by atoms with Gasteiger partial charge < -0.3 is 14.9 Å². The Morgan fingerprint density at radius 1 is 1.33 bits per heavy atom. The number of ether oxygens (including phenoxy) is 1. The highest BCUT2D eigenvalue weighted by molar-refractivity contribution is 6.01. The molecule has 0 unspecified atom stereocenters. The van der Waals surface area contributed by atoms with Gasteiger partial charge >= 0.3 is 0 Å². The fourth-order valence-electron chi connectivity index (χ4n) is 7.70. The van der Waals surface area contributed by atoms with Crippen molar-refractivity contribution in [3.63, 3.8) is 0 Å². The minimum Gasteiger partial charge on any atom is -0.388 e. The minimum absolute atomic E-state index is 0.0291. The third kappa shape index (κ3) is 1.73. The molecule has 2 N–H and O–H groups in total. The lowest BCUT2D eigenvalue weighted by atomic mass is 9.46. The van der Waals surface area contributed by atoms with Crippen LogP contribution in [-0.4, -0.2) is 45.7 Å². The summed E-state index contributed by atoms with van der Waals surface area (Å²) in [5.41, 5.74) is -1.55. The number of epoxide rings is 1. The Morgan fingerprint density at radius 3 is 2.78 bits per heavy atom. The third-order valence-electron chi connectivity index (χ3n) is 9.08. The first kappa shape index (κ1) is 17.8. The summed E-state index contributed by atoms with van der Waals surface area (Å²) < 4.78 is 6.43. The summed E-state index contributed by atoms with van der Waals surface area (Å²) in [6, 6.07) is 0. The van der Waals surface area contributed by atoms with Crippen LogP contribution in [0.2, 0.25) is 0 Å². The van der Waals surface area contributed by atoms with Gasteiger partial charge in [0.05, 0.1) is 6.10 Å². The van der Waals surface area contributed by atoms with E-state index in [9.17, 15) is 19.8 Å². The normalized spacial score (nSPS) is 55.1. The molecule has 4 aliphatic carbocycles. The van der Waals surface area contributed by atoms with Crippen LogP contribution in [0.1, 0.15) is 46.5 Å². The molecule has 0 aromatic rings. The molecule has 1 saturated heterocycles. The van der Waals surface area contributed by atoms with Crippen molar-refractivity contribution in [1.29, 1.82) is 0 Å². The van der Waals surface area contributed by atoms with Crippen LogP contribution in [-0.2, 0) is 14.3 Å². The predicted octanol–water partition coefficient (Wildman–Crippen LogP) is 1.96. The highest BCUT2D eigenvalue weighted by atomic mass is 16.6. The Balaban J connectivity index is 1.60. The van der Waals surface area contributed by atoms with Gasteiger partial charge in [0.1, 0.15) is 17.8 Å². The summed E-state index contributed by atoms with van der Waals surface area (Å²) >= 11 is 0. The number of aliphatic hydroxyl groups excluding tert-OH is 1. The first-order valence-corrected chi connectivity index (χ1v) is 10.1. The largest absolute Gasteiger partial charge is 0.388 e. The first-order chi connectivity index (χ1) is 12.6. The maximum atomic E-state index is 12.6. The molecule has 0 amide bonds. The lowest BCUT2D eigenvalue weighted by Gasteiger charge is -2.55. The number of allylic oxidation sites excluding steroid dienone is 2. The summed E-state index contributed by atoms with van der Waals surface area (Å²) in [5, 5.41) is 21.0. The molecule has 0 radical (unpaired) electrons. The zero-order valence-corrected chi connectivity index (χ0v) is 16.2. The van der Waals surface area contributed by atoms with E-state index < -0.39 is 23.4 Å². The number of ketones is 2. The number of hydrogen-bond acceptors (Lipinski definition) is 5. The average molecular weight is 372 g/mol. The van der Waals surface area contributed by atoms with Crippen LogP contribution >= 0.6 is 0 Å². The van der Waals surface area contributed by atoms with Crippen LogP contribution in [0.4, 0.5) is 0 Å². The average Bonchev–Trinajstić information content (AvgIpc) is 3.31. The van der Waals surface area contributed by atoms with Crippen LogP contribution in [0, 0.1) is 28.6 Å². The fourth-order valence-corrected chi connectivity index (χ4v) is 7.70. The van der Waals surface area contributed by atoms with Crippen LogP contribution in [0.25, 0.3) is 0 Å². The molecule has 1 aliphatic heterocycles. The molecule has 5 heteroatoms. The maximum absolute atomic E-state index is 12.6. The van der Waals surface area contributed by atoms with E-state index in [-0.39, 0.29) is 40.7 Å². The Labute approximate surface area is 159 Å². The second-order valence-corrected chi connectivity index (χ2v) is 9.86. The Bertz CT molecular complexity index is 814. The number of carbonyl (C=O) groups excluding carboxylic acids is 2. The van der Waals surface area contributed by atoms with E-state index in [2.05, 4.69) is 6.92 Å². The van der Waals surface area contributed by atoms with Gasteiger partial charge in [0.25, 0.3) is 0 Å². The summed E-state index contributed by atoms with van der Waals surface area (Å²) in [4.78, 5) is 24.5. The summed E-state index contributed by atoms with van der Waals surface area (Å²) in [5.74, 6) is -0.193. The molecule has 1 heterocycles. The van der Waals surface area contributed by atoms with Gasteiger partial charge in [-0.15, -0.1) is 0 Å². The molecule has 5 aliphatic rings. The van der Waals surface area contributed by atoms with Crippen molar-refractivity contribution in [3.8, 4) is 0 Å². The number of hydrogen-bond donors (Lipinski definition) is 2. The van der Waals surface area contributed by atoms with E-state index in [1.54, 1.807) is 12.2 Å². The fraction of sp³-hybridized carbons (Fsp3) is 0.727. The van der Waals surface area contributed by atoms with Gasteiger partial charge in [-0.3, -0.25) is 9.59 Å². The predicted molar refractivity (Wildman–Crippen MR) is 97.7 cm³/mol. The molecule has 3 saturated carbocycles. The molecule has 0 aromatic carbocycles. The summed E-state index contributed by atoms with van der Waals surface area (Å²) in [6.07, 6.45) is 8.58. The molecular formula is C22H28O5. The molecule has 27 heavy (non-hydrogen) atoms. The van der Waals surface area contributed by atoms with E-state index in [1.807, 2.05) is 19.9 Å². The quantitative estimate of drug-likeness (QED) is 0.724. The van der Waals surface area contributed by atoms with Crippen LogP contribution < -0.4 is 0 Å². The molecule has 146 valence electrons. The number of rotatable bonds is 2. The van der Waals surface area contributed by atoms with Gasteiger partial charge in [-0.25, -0.2) is 0 Å².